The maximum Gasteiger partial charge on any atom is 0.146 e. The molecule has 0 radical (unpaired) electrons. The van der Waals surface area contributed by atoms with Gasteiger partial charge < -0.3 is 9.47 Å². The lowest BCUT2D eigenvalue weighted by atomic mass is 9.95. The average molecular weight is 256 g/mol. The maximum absolute atomic E-state index is 14.1. The van der Waals surface area contributed by atoms with Crippen molar-refractivity contribution in [1.82, 2.24) is 0 Å². The minimum absolute atomic E-state index is 0.0155. The van der Waals surface area contributed by atoms with Crippen LogP contribution in [0.5, 0.6) is 11.5 Å². The van der Waals surface area contributed by atoms with Gasteiger partial charge in [-0.1, -0.05) is 30.3 Å². The number of fused-ring (bicyclic) bond motifs is 1. The molecule has 2 aromatic carbocycles. The van der Waals surface area contributed by atoms with Crippen molar-refractivity contribution >= 4 is 5.57 Å². The molecule has 0 aliphatic carbocycles. The van der Waals surface area contributed by atoms with Crippen LogP contribution in [-0.4, -0.2) is 13.7 Å². The van der Waals surface area contributed by atoms with Gasteiger partial charge >= 0.3 is 0 Å². The highest BCUT2D eigenvalue weighted by atomic mass is 19.1. The topological polar surface area (TPSA) is 18.5 Å². The van der Waals surface area contributed by atoms with E-state index in [0.29, 0.717) is 5.57 Å². The van der Waals surface area contributed by atoms with E-state index in [-0.39, 0.29) is 12.4 Å². The van der Waals surface area contributed by atoms with Gasteiger partial charge in [0.2, 0.25) is 0 Å². The van der Waals surface area contributed by atoms with Gasteiger partial charge in [-0.2, -0.15) is 0 Å². The number of methoxy groups -OCH3 is 1. The van der Waals surface area contributed by atoms with Crippen molar-refractivity contribution in [3.8, 4) is 11.5 Å². The molecule has 19 heavy (non-hydrogen) atoms. The first-order chi connectivity index (χ1) is 9.29. The van der Waals surface area contributed by atoms with Crippen LogP contribution in [0.3, 0.4) is 0 Å². The fraction of sp³-hybridized carbons (Fsp3) is 0.125. The zero-order chi connectivity index (χ0) is 13.2. The predicted octanol–water partition coefficient (Wildman–Crippen LogP) is 3.82. The van der Waals surface area contributed by atoms with Crippen LogP contribution in [0.4, 0.5) is 4.39 Å². The molecule has 3 rings (SSSR count). The van der Waals surface area contributed by atoms with Crippen LogP contribution in [0.15, 0.2) is 54.4 Å². The van der Waals surface area contributed by atoms with Crippen molar-refractivity contribution < 1.29 is 13.9 Å². The summed E-state index contributed by atoms with van der Waals surface area (Å²) in [6, 6.07) is 14.9. The third kappa shape index (κ3) is 2.08. The number of hydrogen-bond acceptors (Lipinski definition) is 2. The second kappa shape index (κ2) is 4.76. The molecule has 1 aliphatic rings. The van der Waals surface area contributed by atoms with Gasteiger partial charge in [-0.05, 0) is 23.8 Å². The van der Waals surface area contributed by atoms with E-state index in [1.807, 2.05) is 48.5 Å². The van der Waals surface area contributed by atoms with Gasteiger partial charge in [0.1, 0.15) is 23.9 Å². The van der Waals surface area contributed by atoms with Gasteiger partial charge in [0, 0.05) is 11.1 Å². The second-order valence-electron chi connectivity index (χ2n) is 4.29. The molecule has 0 amide bonds. The molecule has 2 nitrogen and oxygen atoms in total. The molecule has 0 bridgehead atoms. The minimum Gasteiger partial charge on any atom is -0.497 e. The van der Waals surface area contributed by atoms with Crippen molar-refractivity contribution in [1.29, 1.82) is 0 Å². The van der Waals surface area contributed by atoms with Crippen LogP contribution < -0.4 is 9.47 Å². The molecule has 0 fully saturated rings. The lowest BCUT2D eigenvalue weighted by molar-refractivity contribution is 0.312. The predicted molar refractivity (Wildman–Crippen MR) is 72.1 cm³/mol. The lowest BCUT2D eigenvalue weighted by Gasteiger charge is -2.20. The van der Waals surface area contributed by atoms with Gasteiger partial charge in [0.05, 0.1) is 7.11 Å². The van der Waals surface area contributed by atoms with E-state index in [2.05, 4.69) is 0 Å². The summed E-state index contributed by atoms with van der Waals surface area (Å²) >= 11 is 0. The van der Waals surface area contributed by atoms with Gasteiger partial charge in [-0.3, -0.25) is 0 Å². The number of ether oxygens (including phenoxy) is 2. The van der Waals surface area contributed by atoms with Gasteiger partial charge in [0.25, 0.3) is 0 Å². The highest BCUT2D eigenvalue weighted by molar-refractivity contribution is 5.85. The quantitative estimate of drug-likeness (QED) is 0.813. The first-order valence-corrected chi connectivity index (χ1v) is 6.05. The number of para-hydroxylation sites is 1. The smallest absolute Gasteiger partial charge is 0.146 e. The Morgan fingerprint density at radius 1 is 1.05 bits per heavy atom. The van der Waals surface area contributed by atoms with E-state index < -0.39 is 0 Å². The Morgan fingerprint density at radius 3 is 2.53 bits per heavy atom. The molecule has 0 saturated carbocycles. The van der Waals surface area contributed by atoms with E-state index in [9.17, 15) is 4.39 Å². The molecule has 3 heteroatoms. The van der Waals surface area contributed by atoms with E-state index >= 15 is 0 Å². The van der Waals surface area contributed by atoms with Crippen LogP contribution in [-0.2, 0) is 0 Å². The van der Waals surface area contributed by atoms with Crippen molar-refractivity contribution in [2.45, 2.75) is 0 Å². The van der Waals surface area contributed by atoms with Gasteiger partial charge in [-0.25, -0.2) is 4.39 Å². The van der Waals surface area contributed by atoms with Crippen LogP contribution in [0.25, 0.3) is 5.57 Å². The molecule has 1 heterocycles. The summed E-state index contributed by atoms with van der Waals surface area (Å²) in [7, 11) is 1.61. The first kappa shape index (κ1) is 11.8. The van der Waals surface area contributed by atoms with Crippen molar-refractivity contribution in [3.05, 3.63) is 65.5 Å². The number of rotatable bonds is 2. The SMILES string of the molecule is COc1ccc(C2=C(F)COc3ccccc32)cc1. The molecule has 0 N–H and O–H groups in total. The Bertz CT molecular complexity index is 629. The molecular formula is C16H13FO2. The average Bonchev–Trinajstić information content (AvgIpc) is 2.47. The first-order valence-electron chi connectivity index (χ1n) is 6.05. The largest absolute Gasteiger partial charge is 0.497 e. The summed E-state index contributed by atoms with van der Waals surface area (Å²) in [6.45, 7) is -0.0155. The summed E-state index contributed by atoms with van der Waals surface area (Å²) in [5, 5.41) is 0. The summed E-state index contributed by atoms with van der Waals surface area (Å²) in [5.41, 5.74) is 2.22. The fourth-order valence-electron chi connectivity index (χ4n) is 2.23. The zero-order valence-electron chi connectivity index (χ0n) is 10.5. The Morgan fingerprint density at radius 2 is 1.79 bits per heavy atom. The Balaban J connectivity index is 2.11. The van der Waals surface area contributed by atoms with E-state index in [0.717, 1.165) is 22.6 Å². The third-order valence-electron chi connectivity index (χ3n) is 3.16. The minimum atomic E-state index is -0.246. The summed E-state index contributed by atoms with van der Waals surface area (Å²) in [4.78, 5) is 0. The van der Waals surface area contributed by atoms with Crippen LogP contribution >= 0.6 is 0 Å². The molecule has 0 saturated heterocycles. The summed E-state index contributed by atoms with van der Waals surface area (Å²) in [5.74, 6) is 1.23. The molecule has 0 unspecified atom stereocenters. The van der Waals surface area contributed by atoms with Gasteiger partial charge in [0.15, 0.2) is 0 Å². The monoisotopic (exact) mass is 256 g/mol. The lowest BCUT2D eigenvalue weighted by Crippen LogP contribution is -2.09. The van der Waals surface area contributed by atoms with E-state index in [1.54, 1.807) is 7.11 Å². The Labute approximate surface area is 111 Å². The van der Waals surface area contributed by atoms with E-state index in [1.165, 1.54) is 0 Å². The molecule has 2 aromatic rings. The zero-order valence-corrected chi connectivity index (χ0v) is 10.5. The van der Waals surface area contributed by atoms with Crippen LogP contribution in [0.2, 0.25) is 0 Å². The molecule has 0 spiro atoms. The number of halogens is 1. The maximum atomic E-state index is 14.1. The number of hydrogen-bond donors (Lipinski definition) is 0. The van der Waals surface area contributed by atoms with E-state index in [4.69, 9.17) is 9.47 Å². The summed E-state index contributed by atoms with van der Waals surface area (Å²) < 4.78 is 24.6. The molecule has 1 aliphatic heterocycles. The standard InChI is InChI=1S/C16H13FO2/c1-18-12-8-6-11(7-9-12)16-13-4-2-3-5-15(13)19-10-14(16)17/h2-9H,10H2,1H3. The molecule has 0 atom stereocenters. The van der Waals surface area contributed by atoms with Crippen molar-refractivity contribution in [2.75, 3.05) is 13.7 Å². The second-order valence-corrected chi connectivity index (χ2v) is 4.29. The number of benzene rings is 2. The molecular weight excluding hydrogens is 243 g/mol. The van der Waals surface area contributed by atoms with Crippen LogP contribution in [0.1, 0.15) is 11.1 Å². The highest BCUT2D eigenvalue weighted by Crippen LogP contribution is 2.37. The van der Waals surface area contributed by atoms with Gasteiger partial charge in [-0.15, -0.1) is 0 Å². The van der Waals surface area contributed by atoms with Crippen molar-refractivity contribution in [3.63, 3.8) is 0 Å². The Kier molecular flexibility index (Phi) is 2.95. The van der Waals surface area contributed by atoms with Crippen molar-refractivity contribution in [2.24, 2.45) is 0 Å². The molecule has 0 aromatic heterocycles. The Hall–Kier alpha value is -2.29. The normalized spacial score (nSPS) is 13.8. The fourth-order valence-corrected chi connectivity index (χ4v) is 2.23. The molecule has 96 valence electrons. The highest BCUT2D eigenvalue weighted by Gasteiger charge is 2.21. The van der Waals surface area contributed by atoms with Crippen LogP contribution in [0, 0.1) is 0 Å². The summed E-state index contributed by atoms with van der Waals surface area (Å²) in [6.07, 6.45) is 0. The third-order valence-corrected chi connectivity index (χ3v) is 3.16.